The number of anilines is 1. The van der Waals surface area contributed by atoms with E-state index in [-0.39, 0.29) is 37.3 Å². The van der Waals surface area contributed by atoms with Gasteiger partial charge in [-0.05, 0) is 55.0 Å². The summed E-state index contributed by atoms with van der Waals surface area (Å²) in [7, 11) is 1.58. The van der Waals surface area contributed by atoms with Crippen LogP contribution in [0.4, 0.5) is 5.69 Å². The third-order valence-electron chi connectivity index (χ3n) is 6.25. The lowest BCUT2D eigenvalue weighted by Gasteiger charge is -2.26. The number of amides is 3. The van der Waals surface area contributed by atoms with Crippen LogP contribution >= 0.6 is 0 Å². The average molecular weight is 525 g/mol. The molecule has 0 radical (unpaired) electrons. The number of carbonyl (C=O) groups is 3. The summed E-state index contributed by atoms with van der Waals surface area (Å²) in [6.45, 7) is 4.59. The minimum absolute atomic E-state index is 0.1000. The molecule has 0 bridgehead atoms. The molecule has 1 N–H and O–H groups in total. The predicted molar refractivity (Wildman–Crippen MR) is 140 cm³/mol. The number of methoxy groups -OCH3 is 1. The molecule has 2 saturated heterocycles. The maximum atomic E-state index is 12.6. The number of nitrogens with one attached hydrogen (secondary N) is 1. The van der Waals surface area contributed by atoms with E-state index in [0.29, 0.717) is 61.4 Å². The Hall–Kier alpha value is -4.12. The summed E-state index contributed by atoms with van der Waals surface area (Å²) in [4.78, 5) is 40.8. The lowest BCUT2D eigenvalue weighted by atomic mass is 10.1. The Balaban J connectivity index is 1.31. The van der Waals surface area contributed by atoms with E-state index in [1.54, 1.807) is 59.4 Å². The molecule has 0 spiro atoms. The van der Waals surface area contributed by atoms with Gasteiger partial charge in [0.05, 0.1) is 39.1 Å². The smallest absolute Gasteiger partial charge is 0.260 e. The van der Waals surface area contributed by atoms with Gasteiger partial charge in [0.15, 0.2) is 18.1 Å². The minimum atomic E-state index is -0.513. The second-order valence-corrected chi connectivity index (χ2v) is 8.76. The molecule has 0 unspecified atom stereocenters. The van der Waals surface area contributed by atoms with E-state index >= 15 is 0 Å². The van der Waals surface area contributed by atoms with Gasteiger partial charge in [-0.25, -0.2) is 5.43 Å². The van der Waals surface area contributed by atoms with Gasteiger partial charge in [-0.3, -0.25) is 14.4 Å². The third kappa shape index (κ3) is 6.80. The van der Waals surface area contributed by atoms with Crippen LogP contribution in [-0.4, -0.2) is 82.0 Å². The highest BCUT2D eigenvalue weighted by atomic mass is 16.5. The highest BCUT2D eigenvalue weighted by molar-refractivity contribution is 6.00. The van der Waals surface area contributed by atoms with Crippen LogP contribution in [-0.2, 0) is 19.1 Å². The zero-order valence-corrected chi connectivity index (χ0v) is 21.6. The van der Waals surface area contributed by atoms with E-state index in [2.05, 4.69) is 10.5 Å². The highest BCUT2D eigenvalue weighted by Crippen LogP contribution is 2.29. The van der Waals surface area contributed by atoms with E-state index in [1.165, 1.54) is 6.21 Å². The van der Waals surface area contributed by atoms with Crippen molar-refractivity contribution in [2.75, 3.05) is 58.1 Å². The van der Waals surface area contributed by atoms with Crippen molar-refractivity contribution in [3.8, 4) is 17.2 Å². The van der Waals surface area contributed by atoms with Crippen LogP contribution in [0.15, 0.2) is 47.6 Å². The molecule has 11 nitrogen and oxygen atoms in total. The van der Waals surface area contributed by atoms with E-state index in [9.17, 15) is 14.4 Å². The Bertz CT molecular complexity index is 1160. The second kappa shape index (κ2) is 12.9. The maximum absolute atomic E-state index is 12.6. The van der Waals surface area contributed by atoms with Crippen LogP contribution in [0.3, 0.4) is 0 Å². The molecular formula is C27H32N4O7. The van der Waals surface area contributed by atoms with Crippen molar-refractivity contribution in [1.29, 1.82) is 0 Å². The second-order valence-electron chi connectivity index (χ2n) is 8.76. The molecule has 0 saturated carbocycles. The monoisotopic (exact) mass is 524 g/mol. The molecule has 11 heteroatoms. The molecule has 2 aromatic rings. The number of hydrogen-bond donors (Lipinski definition) is 1. The first kappa shape index (κ1) is 26.9. The molecule has 1 atom stereocenters. The fraction of sp³-hybridized carbons (Fsp3) is 0.407. The molecule has 2 aliphatic rings. The predicted octanol–water partition coefficient (Wildman–Crippen LogP) is 1.83. The van der Waals surface area contributed by atoms with Gasteiger partial charge in [0.2, 0.25) is 11.8 Å². The Morgan fingerprint density at radius 2 is 1.87 bits per heavy atom. The first-order valence-corrected chi connectivity index (χ1v) is 12.5. The number of carbonyl (C=O) groups excluding carboxylic acids is 3. The quantitative estimate of drug-likeness (QED) is 0.372. The van der Waals surface area contributed by atoms with Gasteiger partial charge in [-0.2, -0.15) is 5.10 Å². The number of ether oxygens (including phenoxy) is 4. The number of morpholine rings is 1. The van der Waals surface area contributed by atoms with Crippen LogP contribution in [0.1, 0.15) is 18.9 Å². The van der Waals surface area contributed by atoms with Gasteiger partial charge in [-0.1, -0.05) is 0 Å². The van der Waals surface area contributed by atoms with Crippen LogP contribution in [0, 0.1) is 5.92 Å². The third-order valence-corrected chi connectivity index (χ3v) is 6.25. The molecule has 0 aromatic heterocycles. The number of rotatable bonds is 10. The largest absolute Gasteiger partial charge is 0.497 e. The van der Waals surface area contributed by atoms with Crippen LogP contribution in [0.25, 0.3) is 0 Å². The molecule has 4 rings (SSSR count). The SMILES string of the molecule is CCOc1cc(/C=N/NC(=O)[C@@H]2CC(=O)N(c3ccc(OC)cc3)C2)ccc1OCC(=O)N1CCOCC1. The first-order valence-electron chi connectivity index (χ1n) is 12.5. The van der Waals surface area contributed by atoms with Gasteiger partial charge in [-0.15, -0.1) is 0 Å². The maximum Gasteiger partial charge on any atom is 0.260 e. The average Bonchev–Trinajstić information content (AvgIpc) is 3.34. The Labute approximate surface area is 221 Å². The fourth-order valence-corrected chi connectivity index (χ4v) is 4.19. The van der Waals surface area contributed by atoms with E-state index in [0.717, 1.165) is 0 Å². The fourth-order valence-electron chi connectivity index (χ4n) is 4.19. The normalized spacial score (nSPS) is 17.5. The summed E-state index contributed by atoms with van der Waals surface area (Å²) in [5.74, 6) is 0.519. The van der Waals surface area contributed by atoms with E-state index < -0.39 is 5.92 Å². The summed E-state index contributed by atoms with van der Waals surface area (Å²) in [6, 6.07) is 12.3. The molecular weight excluding hydrogens is 492 g/mol. The summed E-state index contributed by atoms with van der Waals surface area (Å²) >= 11 is 0. The Morgan fingerprint density at radius 1 is 1.11 bits per heavy atom. The van der Waals surface area contributed by atoms with Crippen LogP contribution in [0.5, 0.6) is 17.2 Å². The van der Waals surface area contributed by atoms with Gasteiger partial charge < -0.3 is 28.7 Å². The minimum Gasteiger partial charge on any atom is -0.497 e. The Kier molecular flexibility index (Phi) is 9.15. The molecule has 2 fully saturated rings. The van der Waals surface area contributed by atoms with Gasteiger partial charge >= 0.3 is 0 Å². The molecule has 2 aliphatic heterocycles. The van der Waals surface area contributed by atoms with Crippen molar-refractivity contribution in [2.24, 2.45) is 11.0 Å². The highest BCUT2D eigenvalue weighted by Gasteiger charge is 2.35. The molecule has 3 amide bonds. The van der Waals surface area contributed by atoms with Gasteiger partial charge in [0.25, 0.3) is 5.91 Å². The summed E-state index contributed by atoms with van der Waals surface area (Å²) < 4.78 is 21.8. The zero-order chi connectivity index (χ0) is 26.9. The lowest BCUT2D eigenvalue weighted by Crippen LogP contribution is -2.43. The first-order chi connectivity index (χ1) is 18.5. The van der Waals surface area contributed by atoms with E-state index in [4.69, 9.17) is 18.9 Å². The molecule has 2 aromatic carbocycles. The summed E-state index contributed by atoms with van der Waals surface area (Å²) in [5.41, 5.74) is 3.91. The summed E-state index contributed by atoms with van der Waals surface area (Å²) in [6.07, 6.45) is 1.60. The number of benzene rings is 2. The van der Waals surface area contributed by atoms with Crippen molar-refractivity contribution in [3.63, 3.8) is 0 Å². The van der Waals surface area contributed by atoms with E-state index in [1.807, 2.05) is 6.92 Å². The standard InChI is InChI=1S/C27H32N4O7/c1-3-37-24-14-19(4-9-23(24)38-18-26(33)30-10-12-36-13-11-30)16-28-29-27(34)20-15-25(32)31(17-20)21-5-7-22(35-2)8-6-21/h4-9,14,16,20H,3,10-13,15,17-18H2,1-2H3,(H,29,34)/b28-16+/t20-/m1/s1. The van der Waals surface area contributed by atoms with Crippen molar-refractivity contribution < 1.29 is 33.3 Å². The number of hydrogen-bond acceptors (Lipinski definition) is 8. The van der Waals surface area contributed by atoms with Gasteiger partial charge in [0.1, 0.15) is 5.75 Å². The van der Waals surface area contributed by atoms with Gasteiger partial charge in [0, 0.05) is 31.7 Å². The van der Waals surface area contributed by atoms with Crippen molar-refractivity contribution in [2.45, 2.75) is 13.3 Å². The molecule has 0 aliphatic carbocycles. The molecule has 38 heavy (non-hydrogen) atoms. The van der Waals surface area contributed by atoms with Crippen LogP contribution < -0.4 is 24.5 Å². The molecule has 2 heterocycles. The van der Waals surface area contributed by atoms with Crippen molar-refractivity contribution in [1.82, 2.24) is 10.3 Å². The van der Waals surface area contributed by atoms with Crippen LogP contribution in [0.2, 0.25) is 0 Å². The Morgan fingerprint density at radius 3 is 2.58 bits per heavy atom. The van der Waals surface area contributed by atoms with Crippen molar-refractivity contribution in [3.05, 3.63) is 48.0 Å². The number of nitrogens with zero attached hydrogens (tertiary/aromatic N) is 3. The topological polar surface area (TPSA) is 119 Å². The summed E-state index contributed by atoms with van der Waals surface area (Å²) in [5, 5.41) is 4.06. The number of hydrazone groups is 1. The lowest BCUT2D eigenvalue weighted by molar-refractivity contribution is -0.137. The van der Waals surface area contributed by atoms with Crippen molar-refractivity contribution >= 4 is 29.6 Å². The molecule has 202 valence electrons. The zero-order valence-electron chi connectivity index (χ0n) is 21.6.